The van der Waals surface area contributed by atoms with E-state index >= 15 is 0 Å². The molecule has 0 aliphatic carbocycles. The Bertz CT molecular complexity index is 2150. The van der Waals surface area contributed by atoms with Crippen LogP contribution in [0.15, 0.2) is 84.9 Å². The van der Waals surface area contributed by atoms with Crippen molar-refractivity contribution in [2.45, 2.75) is 8.59 Å². The number of hydrogen-bond acceptors (Lipinski definition) is 6. The van der Waals surface area contributed by atoms with Gasteiger partial charge in [-0.3, -0.25) is 0 Å². The lowest BCUT2D eigenvalue weighted by Crippen LogP contribution is -1.96. The van der Waals surface area contributed by atoms with Crippen LogP contribution in [-0.4, -0.2) is 51.2 Å². The van der Waals surface area contributed by atoms with Crippen molar-refractivity contribution in [2.75, 3.05) is 42.7 Å². The molecule has 0 saturated carbocycles. The zero-order chi connectivity index (χ0) is 39.4. The lowest BCUT2D eigenvalue weighted by Gasteiger charge is -2.13. The first kappa shape index (κ1) is 42.5. The van der Waals surface area contributed by atoms with E-state index < -0.39 is 8.59 Å². The maximum Gasteiger partial charge on any atom is 0.203 e. The SMILES string of the molecule is COc1cc(C#Cc2c3ccccc3c(C#Cc3cc(OC)c(OC)c(OC)c3)c3cc4ccccc4cc23)cc(OC)c1OC.ClC(Cl)Cl.ClC(Cl)Cl. The molecule has 0 aromatic heterocycles. The van der Waals surface area contributed by atoms with Crippen LogP contribution in [0.2, 0.25) is 0 Å². The molecule has 6 nitrogen and oxygen atoms in total. The summed E-state index contributed by atoms with van der Waals surface area (Å²) in [6.45, 7) is 0. The third kappa shape index (κ3) is 10.5. The second kappa shape index (κ2) is 20.4. The highest BCUT2D eigenvalue weighted by atomic mass is 35.6. The van der Waals surface area contributed by atoms with E-state index in [9.17, 15) is 0 Å². The van der Waals surface area contributed by atoms with Crippen molar-refractivity contribution >= 4 is 102 Å². The van der Waals surface area contributed by atoms with Gasteiger partial charge in [0.1, 0.15) is 0 Å². The summed E-state index contributed by atoms with van der Waals surface area (Å²) >= 11 is 28.8. The summed E-state index contributed by atoms with van der Waals surface area (Å²) < 4.78 is 31.8. The lowest BCUT2D eigenvalue weighted by atomic mass is 9.90. The van der Waals surface area contributed by atoms with Gasteiger partial charge in [0.2, 0.25) is 11.5 Å². The number of alkyl halides is 6. The van der Waals surface area contributed by atoms with E-state index in [0.29, 0.717) is 34.5 Å². The van der Waals surface area contributed by atoms with Crippen LogP contribution in [0.4, 0.5) is 0 Å². The van der Waals surface area contributed by atoms with Crippen LogP contribution >= 0.6 is 69.6 Å². The first-order valence-electron chi connectivity index (χ1n) is 15.9. The van der Waals surface area contributed by atoms with Gasteiger partial charge in [0, 0.05) is 22.3 Å². The zero-order valence-corrected chi connectivity index (χ0v) is 34.5. The summed E-state index contributed by atoms with van der Waals surface area (Å²) in [4.78, 5) is 0. The fourth-order valence-electron chi connectivity index (χ4n) is 5.71. The van der Waals surface area contributed by atoms with Gasteiger partial charge in [-0.1, -0.05) is 142 Å². The number of hydrogen-bond donors (Lipinski definition) is 0. The van der Waals surface area contributed by atoms with Gasteiger partial charge in [0.15, 0.2) is 31.6 Å². The van der Waals surface area contributed by atoms with Crippen LogP contribution in [-0.2, 0) is 0 Å². The van der Waals surface area contributed by atoms with Gasteiger partial charge in [-0.25, -0.2) is 0 Å². The van der Waals surface area contributed by atoms with Crippen molar-refractivity contribution in [1.82, 2.24) is 0 Å². The molecule has 0 atom stereocenters. The van der Waals surface area contributed by atoms with Crippen LogP contribution in [0, 0.1) is 23.7 Å². The van der Waals surface area contributed by atoms with Gasteiger partial charge in [0.05, 0.1) is 42.7 Å². The molecule has 6 rings (SSSR count). The Morgan fingerprint density at radius 2 is 0.685 bits per heavy atom. The maximum absolute atomic E-state index is 5.57. The first-order valence-corrected chi connectivity index (χ1v) is 18.5. The Labute approximate surface area is 344 Å². The van der Waals surface area contributed by atoms with Gasteiger partial charge in [-0.15, -0.1) is 0 Å². The average Bonchev–Trinajstić information content (AvgIpc) is 3.16. The van der Waals surface area contributed by atoms with E-state index in [4.69, 9.17) is 98.0 Å². The van der Waals surface area contributed by atoms with Crippen molar-refractivity contribution in [3.63, 3.8) is 0 Å². The van der Waals surface area contributed by atoms with E-state index in [1.807, 2.05) is 48.5 Å². The second-order valence-electron chi connectivity index (χ2n) is 10.9. The van der Waals surface area contributed by atoms with Gasteiger partial charge in [-0.2, -0.15) is 0 Å². The summed E-state index contributed by atoms with van der Waals surface area (Å²) in [5.74, 6) is 17.0. The van der Waals surface area contributed by atoms with Gasteiger partial charge >= 0.3 is 0 Å². The predicted octanol–water partition coefficient (Wildman–Crippen LogP) is 12.0. The van der Waals surface area contributed by atoms with E-state index in [1.165, 1.54) is 0 Å². The number of ether oxygens (including phenoxy) is 6. The Balaban J connectivity index is 0.000000740. The first-order chi connectivity index (χ1) is 26.0. The molecule has 0 unspecified atom stereocenters. The molecule has 0 fully saturated rings. The summed E-state index contributed by atoms with van der Waals surface area (Å²) in [5, 5.41) is 6.24. The molecule has 0 aliphatic heterocycles. The molecule has 0 aliphatic rings. The molecule has 0 radical (unpaired) electrons. The van der Waals surface area contributed by atoms with Gasteiger partial charge in [0.25, 0.3) is 0 Å². The summed E-state index contributed by atoms with van der Waals surface area (Å²) in [6, 6.07) is 28.3. The molecule has 6 aromatic rings. The minimum absolute atomic E-state index is 0.521. The molecule has 0 heterocycles. The van der Waals surface area contributed by atoms with Crippen LogP contribution in [0.25, 0.3) is 32.3 Å². The molecule has 0 N–H and O–H groups in total. The molecule has 54 heavy (non-hydrogen) atoms. The lowest BCUT2D eigenvalue weighted by molar-refractivity contribution is 0.324. The fraction of sp³-hybridized carbons (Fsp3) is 0.190. The maximum atomic E-state index is 5.57. The summed E-state index contributed by atoms with van der Waals surface area (Å²) in [6.07, 6.45) is 0. The minimum Gasteiger partial charge on any atom is -0.493 e. The Kier molecular flexibility index (Phi) is 16.1. The van der Waals surface area contributed by atoms with Crippen molar-refractivity contribution in [3.05, 3.63) is 107 Å². The van der Waals surface area contributed by atoms with Crippen molar-refractivity contribution < 1.29 is 28.4 Å². The Morgan fingerprint density at radius 3 is 0.963 bits per heavy atom. The zero-order valence-electron chi connectivity index (χ0n) is 30.0. The highest BCUT2D eigenvalue weighted by Gasteiger charge is 2.16. The van der Waals surface area contributed by atoms with Crippen molar-refractivity contribution in [3.8, 4) is 58.2 Å². The third-order valence-corrected chi connectivity index (χ3v) is 7.88. The molecule has 0 spiro atoms. The Hall–Kier alpha value is -4.24. The fourth-order valence-corrected chi connectivity index (χ4v) is 5.71. The summed E-state index contributed by atoms with van der Waals surface area (Å²) in [7, 11) is 9.55. The third-order valence-electron chi connectivity index (χ3n) is 7.88. The largest absolute Gasteiger partial charge is 0.493 e. The van der Waals surface area contributed by atoms with Gasteiger partial charge in [-0.05, 0) is 68.7 Å². The van der Waals surface area contributed by atoms with Crippen molar-refractivity contribution in [2.24, 2.45) is 0 Å². The van der Waals surface area contributed by atoms with Crippen molar-refractivity contribution in [1.29, 1.82) is 0 Å². The molecule has 0 bridgehead atoms. The number of rotatable bonds is 6. The molecule has 12 heteroatoms. The average molecular weight is 847 g/mol. The number of fused-ring (bicyclic) bond motifs is 3. The van der Waals surface area contributed by atoms with Crippen LogP contribution < -0.4 is 28.4 Å². The minimum atomic E-state index is -0.750. The number of halogens is 6. The topological polar surface area (TPSA) is 55.4 Å². The van der Waals surface area contributed by atoms with Crippen LogP contribution in [0.5, 0.6) is 34.5 Å². The molecule has 6 aromatic carbocycles. The van der Waals surface area contributed by atoms with Gasteiger partial charge < -0.3 is 28.4 Å². The molecule has 0 amide bonds. The molecular formula is C42H34Cl6O6. The molecule has 0 saturated heterocycles. The standard InChI is InChI=1S/C40H32O6.2CHCl3/c1-41-35-19-25(20-36(42-2)39(35)45-5)15-17-31-29-13-9-10-14-30(29)32(34-24-28-12-8-7-11-27(28)23-33(31)34)18-16-26-21-37(43-3)40(46-6)38(22-26)44-4;2*2-1(3)4/h7-14,19-24H,1-6H3;2*1H. The quantitative estimate of drug-likeness (QED) is 0.0945. The second-order valence-corrected chi connectivity index (χ2v) is 14.8. The predicted molar refractivity (Wildman–Crippen MR) is 226 cm³/mol. The highest BCUT2D eigenvalue weighted by Crippen LogP contribution is 2.40. The van der Waals surface area contributed by atoms with E-state index in [1.54, 1.807) is 42.7 Å². The van der Waals surface area contributed by atoms with Crippen LogP contribution in [0.1, 0.15) is 22.3 Å². The van der Waals surface area contributed by atoms with Crippen LogP contribution in [0.3, 0.4) is 0 Å². The summed E-state index contributed by atoms with van der Waals surface area (Å²) in [5.41, 5.74) is 3.28. The molecule has 280 valence electrons. The molecular weight excluding hydrogens is 813 g/mol. The number of methoxy groups -OCH3 is 6. The van der Waals surface area contributed by atoms with E-state index in [2.05, 4.69) is 60.1 Å². The van der Waals surface area contributed by atoms with E-state index in [0.717, 1.165) is 54.6 Å². The number of benzene rings is 6. The van der Waals surface area contributed by atoms with E-state index in [-0.39, 0.29) is 0 Å². The Morgan fingerprint density at radius 1 is 0.389 bits per heavy atom. The smallest absolute Gasteiger partial charge is 0.203 e. The highest BCUT2D eigenvalue weighted by molar-refractivity contribution is 6.63. The normalized spacial score (nSPS) is 10.3. The monoisotopic (exact) mass is 844 g/mol.